The summed E-state index contributed by atoms with van der Waals surface area (Å²) in [6.07, 6.45) is 0. The van der Waals surface area contributed by atoms with Gasteiger partial charge in [0.15, 0.2) is 5.82 Å². The van der Waals surface area contributed by atoms with E-state index >= 15 is 0 Å². The van der Waals surface area contributed by atoms with Crippen LogP contribution < -0.4 is 0 Å². The predicted molar refractivity (Wildman–Crippen MR) is 78.5 cm³/mol. The standard InChI is InChI=1S/C15H10ClN5/c16-14-7-5-13(6-8-14)15-18-19-20-21(15)10-12-3-1-11(9-17)2-4-12/h1-8H,10H2. The Kier molecular flexibility index (Phi) is 3.63. The highest BCUT2D eigenvalue weighted by Gasteiger charge is 2.09. The molecule has 0 N–H and O–H groups in total. The molecule has 1 aromatic heterocycles. The van der Waals surface area contributed by atoms with E-state index in [9.17, 15) is 0 Å². The Labute approximate surface area is 126 Å². The van der Waals surface area contributed by atoms with Gasteiger partial charge in [-0.3, -0.25) is 0 Å². The van der Waals surface area contributed by atoms with Crippen LogP contribution in [0.15, 0.2) is 48.5 Å². The van der Waals surface area contributed by atoms with E-state index in [0.717, 1.165) is 11.1 Å². The van der Waals surface area contributed by atoms with E-state index < -0.39 is 0 Å². The average Bonchev–Trinajstić information content (AvgIpc) is 2.97. The Morgan fingerprint density at radius 3 is 2.43 bits per heavy atom. The van der Waals surface area contributed by atoms with Gasteiger partial charge < -0.3 is 0 Å². The highest BCUT2D eigenvalue weighted by molar-refractivity contribution is 6.30. The van der Waals surface area contributed by atoms with Gasteiger partial charge in [0.2, 0.25) is 0 Å². The minimum Gasteiger partial charge on any atom is -0.221 e. The van der Waals surface area contributed by atoms with Crippen molar-refractivity contribution >= 4 is 11.6 Å². The van der Waals surface area contributed by atoms with Crippen molar-refractivity contribution < 1.29 is 0 Å². The molecular formula is C15H10ClN5. The van der Waals surface area contributed by atoms with E-state index in [-0.39, 0.29) is 0 Å². The van der Waals surface area contributed by atoms with Crippen molar-refractivity contribution in [3.63, 3.8) is 0 Å². The van der Waals surface area contributed by atoms with E-state index in [1.807, 2.05) is 24.3 Å². The SMILES string of the molecule is N#Cc1ccc(Cn2nnnc2-c2ccc(Cl)cc2)cc1. The molecule has 0 radical (unpaired) electrons. The van der Waals surface area contributed by atoms with E-state index in [1.165, 1.54) is 0 Å². The number of aromatic nitrogens is 4. The lowest BCUT2D eigenvalue weighted by atomic mass is 10.1. The molecular weight excluding hydrogens is 286 g/mol. The largest absolute Gasteiger partial charge is 0.221 e. The lowest BCUT2D eigenvalue weighted by Crippen LogP contribution is -2.04. The first-order valence-electron chi connectivity index (χ1n) is 6.27. The molecule has 0 aliphatic heterocycles. The summed E-state index contributed by atoms with van der Waals surface area (Å²) in [5.74, 6) is 0.677. The van der Waals surface area contributed by atoms with Gasteiger partial charge in [0.1, 0.15) is 0 Å². The van der Waals surface area contributed by atoms with Crippen molar-refractivity contribution in [2.24, 2.45) is 0 Å². The summed E-state index contributed by atoms with van der Waals surface area (Å²) in [5.41, 5.74) is 2.56. The van der Waals surface area contributed by atoms with Crippen molar-refractivity contribution in [3.8, 4) is 17.5 Å². The summed E-state index contributed by atoms with van der Waals surface area (Å²) >= 11 is 5.89. The number of benzene rings is 2. The number of tetrazole rings is 1. The third-order valence-electron chi connectivity index (χ3n) is 3.05. The summed E-state index contributed by atoms with van der Waals surface area (Å²) in [6.45, 7) is 0.538. The fourth-order valence-electron chi connectivity index (χ4n) is 1.97. The summed E-state index contributed by atoms with van der Waals surface area (Å²) in [5, 5.41) is 21.3. The third-order valence-corrected chi connectivity index (χ3v) is 3.30. The van der Waals surface area contributed by atoms with Crippen LogP contribution in [0.1, 0.15) is 11.1 Å². The topological polar surface area (TPSA) is 67.4 Å². The monoisotopic (exact) mass is 295 g/mol. The van der Waals surface area contributed by atoms with Gasteiger partial charge in [0.05, 0.1) is 18.2 Å². The normalized spacial score (nSPS) is 10.3. The smallest absolute Gasteiger partial charge is 0.182 e. The first kappa shape index (κ1) is 13.3. The molecule has 5 nitrogen and oxygen atoms in total. The van der Waals surface area contributed by atoms with Crippen LogP contribution in [0, 0.1) is 11.3 Å². The average molecular weight is 296 g/mol. The Balaban J connectivity index is 1.88. The summed E-state index contributed by atoms with van der Waals surface area (Å²) in [7, 11) is 0. The molecule has 3 aromatic rings. The Morgan fingerprint density at radius 1 is 1.05 bits per heavy atom. The van der Waals surface area contributed by atoms with Gasteiger partial charge in [0.25, 0.3) is 0 Å². The maximum atomic E-state index is 8.80. The van der Waals surface area contributed by atoms with Crippen molar-refractivity contribution in [1.82, 2.24) is 20.2 Å². The lowest BCUT2D eigenvalue weighted by Gasteiger charge is -2.05. The Hall–Kier alpha value is -2.71. The van der Waals surface area contributed by atoms with Crippen LogP contribution in [0.25, 0.3) is 11.4 Å². The Bertz CT molecular complexity index is 784. The van der Waals surface area contributed by atoms with Crippen molar-refractivity contribution in [3.05, 3.63) is 64.7 Å². The highest BCUT2D eigenvalue weighted by atomic mass is 35.5. The summed E-state index contributed by atoms with van der Waals surface area (Å²) in [6, 6.07) is 16.8. The van der Waals surface area contributed by atoms with Gasteiger partial charge in [-0.25, -0.2) is 4.68 Å². The molecule has 21 heavy (non-hydrogen) atoms. The second kappa shape index (κ2) is 5.73. The number of halogens is 1. The van der Waals surface area contributed by atoms with E-state index in [1.54, 1.807) is 28.9 Å². The number of hydrogen-bond donors (Lipinski definition) is 0. The molecule has 0 amide bonds. The molecule has 0 bridgehead atoms. The number of nitriles is 1. The van der Waals surface area contributed by atoms with Crippen molar-refractivity contribution in [2.75, 3.05) is 0 Å². The van der Waals surface area contributed by atoms with E-state index in [0.29, 0.717) is 23.0 Å². The quantitative estimate of drug-likeness (QED) is 0.745. The molecule has 0 saturated carbocycles. The molecule has 102 valence electrons. The lowest BCUT2D eigenvalue weighted by molar-refractivity contribution is 0.653. The fraction of sp³-hybridized carbons (Fsp3) is 0.0667. The van der Waals surface area contributed by atoms with Crippen LogP contribution in [0.2, 0.25) is 5.02 Å². The van der Waals surface area contributed by atoms with E-state index in [2.05, 4.69) is 21.6 Å². The van der Waals surface area contributed by atoms with Crippen LogP contribution in [-0.2, 0) is 6.54 Å². The number of nitrogens with zero attached hydrogens (tertiary/aromatic N) is 5. The zero-order valence-corrected chi connectivity index (χ0v) is 11.7. The molecule has 0 unspecified atom stereocenters. The minimum absolute atomic E-state index is 0.538. The van der Waals surface area contributed by atoms with Crippen LogP contribution in [0.5, 0.6) is 0 Å². The van der Waals surface area contributed by atoms with Crippen LogP contribution in [-0.4, -0.2) is 20.2 Å². The zero-order valence-electron chi connectivity index (χ0n) is 10.9. The first-order valence-corrected chi connectivity index (χ1v) is 6.65. The van der Waals surface area contributed by atoms with Gasteiger partial charge >= 0.3 is 0 Å². The number of rotatable bonds is 3. The molecule has 0 fully saturated rings. The maximum absolute atomic E-state index is 8.80. The van der Waals surface area contributed by atoms with Crippen molar-refractivity contribution in [1.29, 1.82) is 5.26 Å². The van der Waals surface area contributed by atoms with Gasteiger partial charge in [-0.15, -0.1) is 5.10 Å². The number of hydrogen-bond acceptors (Lipinski definition) is 4. The molecule has 0 spiro atoms. The fourth-order valence-corrected chi connectivity index (χ4v) is 2.10. The van der Waals surface area contributed by atoms with Gasteiger partial charge in [-0.2, -0.15) is 5.26 Å². The highest BCUT2D eigenvalue weighted by Crippen LogP contribution is 2.19. The molecule has 3 rings (SSSR count). The zero-order chi connectivity index (χ0) is 14.7. The minimum atomic E-state index is 0.538. The van der Waals surface area contributed by atoms with Crippen LogP contribution in [0.4, 0.5) is 0 Å². The van der Waals surface area contributed by atoms with Gasteiger partial charge in [-0.1, -0.05) is 23.7 Å². The van der Waals surface area contributed by atoms with Crippen LogP contribution in [0.3, 0.4) is 0 Å². The molecule has 1 heterocycles. The van der Waals surface area contributed by atoms with Crippen LogP contribution >= 0.6 is 11.6 Å². The van der Waals surface area contributed by atoms with Gasteiger partial charge in [0, 0.05) is 10.6 Å². The first-order chi connectivity index (χ1) is 10.3. The second-order valence-corrected chi connectivity index (χ2v) is 4.91. The molecule has 0 atom stereocenters. The summed E-state index contributed by atoms with van der Waals surface area (Å²) in [4.78, 5) is 0. The van der Waals surface area contributed by atoms with Crippen molar-refractivity contribution in [2.45, 2.75) is 6.54 Å². The summed E-state index contributed by atoms with van der Waals surface area (Å²) < 4.78 is 1.71. The molecule has 0 aliphatic rings. The third kappa shape index (κ3) is 2.91. The van der Waals surface area contributed by atoms with E-state index in [4.69, 9.17) is 16.9 Å². The maximum Gasteiger partial charge on any atom is 0.182 e. The molecule has 2 aromatic carbocycles. The molecule has 0 aliphatic carbocycles. The Morgan fingerprint density at radius 2 is 1.76 bits per heavy atom. The predicted octanol–water partition coefficient (Wildman–Crippen LogP) is 2.91. The molecule has 6 heteroatoms. The second-order valence-electron chi connectivity index (χ2n) is 4.48. The van der Waals surface area contributed by atoms with Gasteiger partial charge in [-0.05, 0) is 52.4 Å². The molecule has 0 saturated heterocycles.